The Bertz CT molecular complexity index is 599. The normalized spacial score (nSPS) is 13.9. The Balaban J connectivity index is 1.99. The van der Waals surface area contributed by atoms with Gasteiger partial charge in [-0.05, 0) is 37.3 Å². The van der Waals surface area contributed by atoms with Crippen molar-refractivity contribution in [3.05, 3.63) is 35.8 Å². The van der Waals surface area contributed by atoms with Gasteiger partial charge in [0, 0.05) is 5.56 Å². The third-order valence-electron chi connectivity index (χ3n) is 4.34. The number of benzene rings is 1. The van der Waals surface area contributed by atoms with Gasteiger partial charge in [-0.2, -0.15) is 15.4 Å². The average Bonchev–Trinajstić information content (AvgIpc) is 3.03. The molecule has 2 unspecified atom stereocenters. The molecule has 0 bridgehead atoms. The fourth-order valence-corrected chi connectivity index (χ4v) is 2.50. The molecule has 126 valence electrons. The first-order valence-corrected chi connectivity index (χ1v) is 8.41. The van der Waals surface area contributed by atoms with E-state index < -0.39 is 0 Å². The number of aromatic amines is 1. The lowest BCUT2D eigenvalue weighted by Gasteiger charge is -2.17. The molecule has 0 aliphatic carbocycles. The summed E-state index contributed by atoms with van der Waals surface area (Å²) in [6.45, 7) is 6.95. The van der Waals surface area contributed by atoms with Crippen molar-refractivity contribution >= 4 is 0 Å². The van der Waals surface area contributed by atoms with E-state index in [4.69, 9.17) is 4.74 Å². The highest BCUT2D eigenvalue weighted by Crippen LogP contribution is 2.24. The van der Waals surface area contributed by atoms with Gasteiger partial charge >= 0.3 is 0 Å². The second-order valence-electron chi connectivity index (χ2n) is 6.03. The largest absolute Gasteiger partial charge is 0.372 e. The van der Waals surface area contributed by atoms with Crippen molar-refractivity contribution in [3.63, 3.8) is 0 Å². The molecule has 0 aliphatic heterocycles. The molecule has 1 aromatic carbocycles. The van der Waals surface area contributed by atoms with Crippen molar-refractivity contribution in [1.82, 2.24) is 15.4 Å². The van der Waals surface area contributed by atoms with Crippen molar-refractivity contribution in [2.45, 2.75) is 59.2 Å². The molecule has 0 radical (unpaired) electrons. The van der Waals surface area contributed by atoms with Crippen LogP contribution in [-0.4, -0.2) is 21.5 Å². The zero-order valence-corrected chi connectivity index (χ0v) is 14.2. The molecule has 5 heteroatoms. The van der Waals surface area contributed by atoms with Crippen LogP contribution >= 0.6 is 0 Å². The van der Waals surface area contributed by atoms with Gasteiger partial charge < -0.3 is 4.74 Å². The first-order valence-electron chi connectivity index (χ1n) is 8.41. The molecule has 2 atom stereocenters. The van der Waals surface area contributed by atoms with Gasteiger partial charge in [0.05, 0.1) is 12.7 Å². The number of hydrogen-bond acceptors (Lipinski definition) is 3. The second-order valence-corrected chi connectivity index (χ2v) is 6.03. The Morgan fingerprint density at radius 1 is 1.13 bits per heavy atom. The van der Waals surface area contributed by atoms with Crippen LogP contribution in [0.4, 0.5) is 4.39 Å². The molecule has 0 aliphatic rings. The highest BCUT2D eigenvalue weighted by Gasteiger charge is 2.16. The summed E-state index contributed by atoms with van der Waals surface area (Å²) in [6, 6.07) is 6.59. The number of halogens is 1. The van der Waals surface area contributed by atoms with Crippen LogP contribution in [0.25, 0.3) is 11.3 Å². The third-order valence-corrected chi connectivity index (χ3v) is 4.34. The van der Waals surface area contributed by atoms with Crippen molar-refractivity contribution in [2.75, 3.05) is 0 Å². The Labute approximate surface area is 137 Å². The zero-order chi connectivity index (χ0) is 16.7. The molecule has 2 aromatic rings. The van der Waals surface area contributed by atoms with Gasteiger partial charge in [-0.3, -0.25) is 0 Å². The van der Waals surface area contributed by atoms with E-state index in [9.17, 15) is 4.39 Å². The minimum absolute atomic E-state index is 0.203. The summed E-state index contributed by atoms with van der Waals surface area (Å²) in [4.78, 5) is 0. The third kappa shape index (κ3) is 4.86. The molecule has 1 heterocycles. The Kier molecular flexibility index (Phi) is 6.71. The van der Waals surface area contributed by atoms with Crippen molar-refractivity contribution in [2.24, 2.45) is 5.92 Å². The number of ether oxygens (including phenoxy) is 1. The van der Waals surface area contributed by atoms with Gasteiger partial charge in [0.25, 0.3) is 0 Å². The van der Waals surface area contributed by atoms with Crippen molar-refractivity contribution < 1.29 is 9.13 Å². The van der Waals surface area contributed by atoms with Crippen LogP contribution in [-0.2, 0) is 11.3 Å². The van der Waals surface area contributed by atoms with Crippen molar-refractivity contribution in [1.29, 1.82) is 0 Å². The topological polar surface area (TPSA) is 50.8 Å². The van der Waals surface area contributed by atoms with Crippen LogP contribution in [0, 0.1) is 11.7 Å². The molecular formula is C18H26FN3O. The molecule has 0 saturated heterocycles. The Morgan fingerprint density at radius 2 is 1.91 bits per heavy atom. The molecule has 23 heavy (non-hydrogen) atoms. The highest BCUT2D eigenvalue weighted by molar-refractivity contribution is 5.61. The summed E-state index contributed by atoms with van der Waals surface area (Å²) in [5, 5.41) is 10.8. The maximum Gasteiger partial charge on any atom is 0.132 e. The van der Waals surface area contributed by atoms with Crippen LogP contribution < -0.4 is 0 Å². The highest BCUT2D eigenvalue weighted by atomic mass is 19.1. The lowest BCUT2D eigenvalue weighted by molar-refractivity contribution is 0.0273. The fraction of sp³-hybridized carbons (Fsp3) is 0.556. The first kappa shape index (κ1) is 17.6. The van der Waals surface area contributed by atoms with Crippen LogP contribution in [0.15, 0.2) is 24.3 Å². The summed E-state index contributed by atoms with van der Waals surface area (Å²) in [7, 11) is 0. The standard InChI is InChI=1S/C18H26FN3O/c1-4-13(3)10-11-14(5-2)23-12-17-18(21-22-20-17)15-8-6-7-9-16(15)19/h6-9,13-14H,4-5,10-12H2,1-3H3,(H,20,21,22). The van der Waals surface area contributed by atoms with Gasteiger partial charge in [0.1, 0.15) is 17.2 Å². The minimum atomic E-state index is -0.300. The van der Waals surface area contributed by atoms with E-state index in [0.29, 0.717) is 29.5 Å². The SMILES string of the molecule is CCC(C)CCC(CC)OCc1n[nH]nc1-c1ccccc1F. The fourth-order valence-electron chi connectivity index (χ4n) is 2.50. The Morgan fingerprint density at radius 3 is 2.61 bits per heavy atom. The molecule has 0 fully saturated rings. The van der Waals surface area contributed by atoms with Crippen molar-refractivity contribution in [3.8, 4) is 11.3 Å². The van der Waals surface area contributed by atoms with Crippen LogP contribution in [0.1, 0.15) is 52.1 Å². The maximum absolute atomic E-state index is 13.9. The summed E-state index contributed by atoms with van der Waals surface area (Å²) >= 11 is 0. The van der Waals surface area contributed by atoms with E-state index in [1.807, 2.05) is 0 Å². The van der Waals surface area contributed by atoms with Crippen LogP contribution in [0.3, 0.4) is 0 Å². The zero-order valence-electron chi connectivity index (χ0n) is 14.2. The molecule has 0 amide bonds. The first-order chi connectivity index (χ1) is 11.2. The predicted octanol–water partition coefficient (Wildman–Crippen LogP) is 4.73. The summed E-state index contributed by atoms with van der Waals surface area (Å²) < 4.78 is 19.9. The van der Waals surface area contributed by atoms with Gasteiger partial charge in [0.15, 0.2) is 0 Å². The van der Waals surface area contributed by atoms with E-state index >= 15 is 0 Å². The summed E-state index contributed by atoms with van der Waals surface area (Å²) in [5.41, 5.74) is 1.63. The quantitative estimate of drug-likeness (QED) is 0.727. The van der Waals surface area contributed by atoms with E-state index in [0.717, 1.165) is 19.3 Å². The van der Waals surface area contributed by atoms with Gasteiger partial charge in [-0.15, -0.1) is 0 Å². The molecular weight excluding hydrogens is 293 g/mol. The number of hydrogen-bond donors (Lipinski definition) is 1. The molecule has 2 rings (SSSR count). The van der Waals surface area contributed by atoms with Gasteiger partial charge in [-0.25, -0.2) is 4.39 Å². The van der Waals surface area contributed by atoms with Gasteiger partial charge in [-0.1, -0.05) is 39.3 Å². The van der Waals surface area contributed by atoms with Gasteiger partial charge in [0.2, 0.25) is 0 Å². The summed E-state index contributed by atoms with van der Waals surface area (Å²) in [5.74, 6) is 0.417. The summed E-state index contributed by atoms with van der Waals surface area (Å²) in [6.07, 6.45) is 4.56. The number of aromatic nitrogens is 3. The lowest BCUT2D eigenvalue weighted by atomic mass is 9.99. The molecule has 0 saturated carbocycles. The van der Waals surface area contributed by atoms with E-state index in [2.05, 4.69) is 36.2 Å². The minimum Gasteiger partial charge on any atom is -0.372 e. The number of rotatable bonds is 9. The average molecular weight is 319 g/mol. The predicted molar refractivity (Wildman–Crippen MR) is 89.3 cm³/mol. The number of nitrogens with one attached hydrogen (secondary N) is 1. The number of nitrogens with zero attached hydrogens (tertiary/aromatic N) is 2. The molecule has 4 nitrogen and oxygen atoms in total. The van der Waals surface area contributed by atoms with E-state index in [1.54, 1.807) is 18.2 Å². The maximum atomic E-state index is 13.9. The number of H-pyrrole nitrogens is 1. The molecule has 0 spiro atoms. The smallest absolute Gasteiger partial charge is 0.132 e. The van der Waals surface area contributed by atoms with Crippen LogP contribution in [0.2, 0.25) is 0 Å². The van der Waals surface area contributed by atoms with E-state index in [-0.39, 0.29) is 11.9 Å². The second kappa shape index (κ2) is 8.77. The van der Waals surface area contributed by atoms with E-state index in [1.165, 1.54) is 12.5 Å². The Hall–Kier alpha value is -1.75. The molecule has 1 aromatic heterocycles. The van der Waals surface area contributed by atoms with Crippen LogP contribution in [0.5, 0.6) is 0 Å². The molecule has 1 N–H and O–H groups in total. The monoisotopic (exact) mass is 319 g/mol. The lowest BCUT2D eigenvalue weighted by Crippen LogP contribution is -2.13.